The van der Waals surface area contributed by atoms with Crippen molar-refractivity contribution in [2.45, 2.75) is 44.6 Å². The van der Waals surface area contributed by atoms with Gasteiger partial charge in [-0.05, 0) is 37.0 Å². The zero-order valence-electron chi connectivity index (χ0n) is 13.8. The van der Waals surface area contributed by atoms with Crippen molar-refractivity contribution in [1.82, 2.24) is 5.32 Å². The quantitative estimate of drug-likeness (QED) is 0.928. The summed E-state index contributed by atoms with van der Waals surface area (Å²) in [5, 5.41) is 3.43. The Hall–Kier alpha value is -1.55. The molecule has 1 aliphatic heterocycles. The van der Waals surface area contributed by atoms with E-state index < -0.39 is 0 Å². The molecule has 1 aliphatic carbocycles. The summed E-state index contributed by atoms with van der Waals surface area (Å²) in [6.45, 7) is 1.51. The van der Waals surface area contributed by atoms with Gasteiger partial charge in [0.05, 0.1) is 6.54 Å². The highest BCUT2D eigenvalue weighted by atomic mass is 16.2. The maximum absolute atomic E-state index is 12.4. The van der Waals surface area contributed by atoms with Gasteiger partial charge in [0.1, 0.15) is 0 Å². The number of hydrogen-bond acceptors (Lipinski definition) is 3. The molecule has 3 rings (SSSR count). The Morgan fingerprint density at radius 1 is 1.32 bits per heavy atom. The molecule has 2 aliphatic rings. The number of carbonyl (C=O) groups excluding carboxylic acids is 1. The highest BCUT2D eigenvalue weighted by Gasteiger charge is 2.19. The molecule has 22 heavy (non-hydrogen) atoms. The fourth-order valence-electron chi connectivity index (χ4n) is 3.54. The molecule has 0 spiro atoms. The lowest BCUT2D eigenvalue weighted by Crippen LogP contribution is -2.40. The maximum atomic E-state index is 12.4. The van der Waals surface area contributed by atoms with Gasteiger partial charge in [0.25, 0.3) is 0 Å². The van der Waals surface area contributed by atoms with Crippen molar-refractivity contribution in [2.24, 2.45) is 0 Å². The number of benzene rings is 1. The summed E-state index contributed by atoms with van der Waals surface area (Å²) in [7, 11) is 3.99. The van der Waals surface area contributed by atoms with Gasteiger partial charge in [-0.25, -0.2) is 0 Å². The van der Waals surface area contributed by atoms with Crippen molar-refractivity contribution in [1.29, 1.82) is 0 Å². The van der Waals surface area contributed by atoms with Gasteiger partial charge in [0, 0.05) is 38.1 Å². The lowest BCUT2D eigenvalue weighted by molar-refractivity contribution is -0.117. The van der Waals surface area contributed by atoms with Crippen molar-refractivity contribution in [3.8, 4) is 0 Å². The predicted octanol–water partition coefficient (Wildman–Crippen LogP) is 2.56. The fraction of sp³-hybridized carbons (Fsp3) is 0.611. The van der Waals surface area contributed by atoms with E-state index in [9.17, 15) is 4.79 Å². The van der Waals surface area contributed by atoms with E-state index in [1.54, 1.807) is 4.90 Å². The van der Waals surface area contributed by atoms with Crippen LogP contribution in [0.4, 0.5) is 11.4 Å². The molecule has 1 aromatic rings. The highest BCUT2D eigenvalue weighted by molar-refractivity contribution is 5.95. The van der Waals surface area contributed by atoms with Gasteiger partial charge in [-0.1, -0.05) is 25.3 Å². The molecule has 1 N–H and O–H groups in total. The zero-order chi connectivity index (χ0) is 15.5. The minimum absolute atomic E-state index is 0.145. The fourth-order valence-corrected chi connectivity index (χ4v) is 3.54. The van der Waals surface area contributed by atoms with Gasteiger partial charge >= 0.3 is 0 Å². The Bertz CT molecular complexity index is 537. The molecular weight excluding hydrogens is 274 g/mol. The largest absolute Gasteiger partial charge is 0.374 e. The molecule has 1 heterocycles. The van der Waals surface area contributed by atoms with Gasteiger partial charge in [-0.15, -0.1) is 0 Å². The van der Waals surface area contributed by atoms with E-state index in [-0.39, 0.29) is 5.91 Å². The van der Waals surface area contributed by atoms with Crippen molar-refractivity contribution in [3.05, 3.63) is 23.8 Å². The molecule has 4 nitrogen and oxygen atoms in total. The van der Waals surface area contributed by atoms with E-state index in [1.165, 1.54) is 43.4 Å². The standard InChI is InChI=1S/C18H27N3O/c1-20-11-10-14-8-9-16(12-17(14)20)21(2)18(22)13-19-15-6-4-3-5-7-15/h8-9,12,15,19H,3-7,10-11,13H2,1-2H3. The smallest absolute Gasteiger partial charge is 0.240 e. The maximum Gasteiger partial charge on any atom is 0.240 e. The highest BCUT2D eigenvalue weighted by Crippen LogP contribution is 2.30. The van der Waals surface area contributed by atoms with Crippen LogP contribution in [0.5, 0.6) is 0 Å². The molecule has 1 saturated carbocycles. The number of rotatable bonds is 4. The van der Waals surface area contributed by atoms with Gasteiger partial charge < -0.3 is 15.1 Å². The van der Waals surface area contributed by atoms with Crippen LogP contribution in [0.2, 0.25) is 0 Å². The molecule has 0 radical (unpaired) electrons. The van der Waals surface area contributed by atoms with Crippen LogP contribution in [-0.2, 0) is 11.2 Å². The number of anilines is 2. The molecule has 0 bridgehead atoms. The van der Waals surface area contributed by atoms with Crippen LogP contribution >= 0.6 is 0 Å². The lowest BCUT2D eigenvalue weighted by Gasteiger charge is -2.25. The van der Waals surface area contributed by atoms with E-state index in [0.29, 0.717) is 12.6 Å². The molecule has 4 heteroatoms. The summed E-state index contributed by atoms with van der Waals surface area (Å²) < 4.78 is 0. The number of amides is 1. The third kappa shape index (κ3) is 3.27. The first-order valence-electron chi connectivity index (χ1n) is 8.49. The van der Waals surface area contributed by atoms with E-state index in [0.717, 1.165) is 18.7 Å². The van der Waals surface area contributed by atoms with Crippen molar-refractivity contribution >= 4 is 17.3 Å². The first kappa shape index (κ1) is 15.3. The second-order valence-corrected chi connectivity index (χ2v) is 6.65. The number of nitrogens with zero attached hydrogens (tertiary/aromatic N) is 2. The summed E-state index contributed by atoms with van der Waals surface area (Å²) in [6, 6.07) is 6.89. The molecule has 0 unspecified atom stereocenters. The van der Waals surface area contributed by atoms with Crippen LogP contribution in [0.25, 0.3) is 0 Å². The molecule has 0 saturated heterocycles. The van der Waals surface area contributed by atoms with Gasteiger partial charge in [-0.3, -0.25) is 4.79 Å². The average Bonchev–Trinajstić information content (AvgIpc) is 2.93. The van der Waals surface area contributed by atoms with Gasteiger partial charge in [0.2, 0.25) is 5.91 Å². The topological polar surface area (TPSA) is 35.6 Å². The minimum Gasteiger partial charge on any atom is -0.374 e. The third-order valence-electron chi connectivity index (χ3n) is 5.11. The van der Waals surface area contributed by atoms with E-state index in [4.69, 9.17) is 0 Å². The third-order valence-corrected chi connectivity index (χ3v) is 5.11. The van der Waals surface area contributed by atoms with Gasteiger partial charge in [0.15, 0.2) is 0 Å². The Kier molecular flexibility index (Phi) is 4.67. The number of carbonyl (C=O) groups is 1. The van der Waals surface area contributed by atoms with Crippen LogP contribution in [0.3, 0.4) is 0 Å². The van der Waals surface area contributed by atoms with Crippen molar-refractivity contribution in [3.63, 3.8) is 0 Å². The van der Waals surface area contributed by atoms with E-state index in [1.807, 2.05) is 7.05 Å². The Morgan fingerprint density at radius 3 is 2.86 bits per heavy atom. The molecule has 0 atom stereocenters. The first-order chi connectivity index (χ1) is 10.6. The van der Waals surface area contributed by atoms with E-state index in [2.05, 4.69) is 35.5 Å². The number of nitrogens with one attached hydrogen (secondary N) is 1. The summed E-state index contributed by atoms with van der Waals surface area (Å²) in [6.07, 6.45) is 7.45. The molecule has 120 valence electrons. The molecular formula is C18H27N3O. The van der Waals surface area contributed by atoms with Crippen LogP contribution in [0.15, 0.2) is 18.2 Å². The normalized spacial score (nSPS) is 18.4. The monoisotopic (exact) mass is 301 g/mol. The van der Waals surface area contributed by atoms with Crippen LogP contribution in [0.1, 0.15) is 37.7 Å². The number of fused-ring (bicyclic) bond motifs is 1. The molecule has 0 aromatic heterocycles. The minimum atomic E-state index is 0.145. The SMILES string of the molecule is CN1CCc2ccc(N(C)C(=O)CNC3CCCCC3)cc21. The van der Waals surface area contributed by atoms with Crippen LogP contribution in [-0.4, -0.2) is 39.1 Å². The Balaban J connectivity index is 1.59. The summed E-state index contributed by atoms with van der Waals surface area (Å²) in [5.74, 6) is 0.145. The Labute approximate surface area is 133 Å². The van der Waals surface area contributed by atoms with Crippen molar-refractivity contribution in [2.75, 3.05) is 37.0 Å². The summed E-state index contributed by atoms with van der Waals surface area (Å²) in [4.78, 5) is 16.5. The van der Waals surface area contributed by atoms with Crippen LogP contribution < -0.4 is 15.1 Å². The first-order valence-corrected chi connectivity index (χ1v) is 8.49. The molecule has 1 amide bonds. The van der Waals surface area contributed by atoms with E-state index >= 15 is 0 Å². The lowest BCUT2D eigenvalue weighted by atomic mass is 9.95. The number of likely N-dealkylation sites (N-methyl/N-ethyl adjacent to an activating group) is 2. The molecule has 1 fully saturated rings. The Morgan fingerprint density at radius 2 is 2.09 bits per heavy atom. The average molecular weight is 301 g/mol. The number of hydrogen-bond donors (Lipinski definition) is 1. The molecule has 1 aromatic carbocycles. The summed E-state index contributed by atoms with van der Waals surface area (Å²) in [5.41, 5.74) is 3.63. The summed E-state index contributed by atoms with van der Waals surface area (Å²) >= 11 is 0. The zero-order valence-corrected chi connectivity index (χ0v) is 13.8. The van der Waals surface area contributed by atoms with Gasteiger partial charge in [-0.2, -0.15) is 0 Å². The second kappa shape index (κ2) is 6.69. The van der Waals surface area contributed by atoms with Crippen molar-refractivity contribution < 1.29 is 4.79 Å². The van der Waals surface area contributed by atoms with Crippen LogP contribution in [0, 0.1) is 0 Å². The predicted molar refractivity (Wildman–Crippen MR) is 91.7 cm³/mol. The second-order valence-electron chi connectivity index (χ2n) is 6.65.